The van der Waals surface area contributed by atoms with Crippen LogP contribution in [0.4, 0.5) is 21.6 Å². The molecule has 0 fully saturated rings. The van der Waals surface area contributed by atoms with Crippen molar-refractivity contribution in [1.29, 1.82) is 0 Å². The molecule has 0 atom stereocenters. The van der Waals surface area contributed by atoms with Crippen LogP contribution in [0.3, 0.4) is 0 Å². The number of ether oxygens (including phenoxy) is 1. The van der Waals surface area contributed by atoms with Crippen LogP contribution in [0.5, 0.6) is 5.88 Å². The van der Waals surface area contributed by atoms with Crippen LogP contribution >= 0.6 is 0 Å². The van der Waals surface area contributed by atoms with Crippen molar-refractivity contribution in [3.63, 3.8) is 0 Å². The molecule has 0 spiro atoms. The van der Waals surface area contributed by atoms with E-state index in [0.717, 1.165) is 0 Å². The van der Waals surface area contributed by atoms with Gasteiger partial charge in [-0.2, -0.15) is 4.98 Å². The van der Waals surface area contributed by atoms with Gasteiger partial charge in [0.15, 0.2) is 0 Å². The third kappa shape index (κ3) is 3.58. The van der Waals surface area contributed by atoms with E-state index >= 15 is 0 Å². The fourth-order valence-electron chi connectivity index (χ4n) is 1.55. The van der Waals surface area contributed by atoms with Gasteiger partial charge < -0.3 is 15.8 Å². The Labute approximate surface area is 111 Å². The number of anilines is 3. The van der Waals surface area contributed by atoms with Gasteiger partial charge in [0.1, 0.15) is 11.6 Å². The summed E-state index contributed by atoms with van der Waals surface area (Å²) < 4.78 is 18.6. The number of nitrogen functional groups attached to an aromatic ring is 1. The molecule has 0 radical (unpaired) electrons. The van der Waals surface area contributed by atoms with Crippen molar-refractivity contribution < 1.29 is 9.13 Å². The molecule has 0 bridgehead atoms. The van der Waals surface area contributed by atoms with Crippen LogP contribution in [-0.2, 0) is 0 Å². The van der Waals surface area contributed by atoms with E-state index in [1.54, 1.807) is 24.3 Å². The zero-order valence-electron chi connectivity index (χ0n) is 10.9. The van der Waals surface area contributed by atoms with E-state index in [4.69, 9.17) is 10.5 Å². The standard InChI is InChI=1S/C14H16FN3O/c1-9(2)19-14-12(16)6-7-13(18-14)17-11-5-3-4-10(15)8-11/h3-9H,16H2,1-2H3,(H,17,18). The van der Waals surface area contributed by atoms with Gasteiger partial charge in [-0.15, -0.1) is 0 Å². The number of pyridine rings is 1. The maximum Gasteiger partial charge on any atom is 0.239 e. The highest BCUT2D eigenvalue weighted by molar-refractivity contribution is 5.60. The van der Waals surface area contributed by atoms with Gasteiger partial charge in [-0.25, -0.2) is 4.39 Å². The number of halogens is 1. The molecule has 19 heavy (non-hydrogen) atoms. The molecule has 0 aliphatic carbocycles. The van der Waals surface area contributed by atoms with Crippen molar-refractivity contribution in [3.05, 3.63) is 42.2 Å². The Hall–Kier alpha value is -2.30. The minimum Gasteiger partial charge on any atom is -0.473 e. The van der Waals surface area contributed by atoms with Gasteiger partial charge in [0.25, 0.3) is 0 Å². The first-order valence-corrected chi connectivity index (χ1v) is 6.00. The molecule has 1 aromatic heterocycles. The van der Waals surface area contributed by atoms with Gasteiger partial charge in [-0.1, -0.05) is 6.07 Å². The first-order chi connectivity index (χ1) is 9.04. The zero-order valence-corrected chi connectivity index (χ0v) is 10.9. The summed E-state index contributed by atoms with van der Waals surface area (Å²) in [5.74, 6) is 0.617. The predicted octanol–water partition coefficient (Wildman–Crippen LogP) is 3.33. The van der Waals surface area contributed by atoms with E-state index in [0.29, 0.717) is 23.1 Å². The molecule has 3 N–H and O–H groups in total. The highest BCUT2D eigenvalue weighted by Crippen LogP contribution is 2.24. The summed E-state index contributed by atoms with van der Waals surface area (Å²) in [4.78, 5) is 4.26. The lowest BCUT2D eigenvalue weighted by Crippen LogP contribution is -2.09. The SMILES string of the molecule is CC(C)Oc1nc(Nc2cccc(F)c2)ccc1N. The summed E-state index contributed by atoms with van der Waals surface area (Å²) in [6, 6.07) is 9.57. The molecule has 100 valence electrons. The average Bonchev–Trinajstić information content (AvgIpc) is 2.33. The fraction of sp³-hybridized carbons (Fsp3) is 0.214. The maximum absolute atomic E-state index is 13.1. The van der Waals surface area contributed by atoms with Crippen LogP contribution in [0, 0.1) is 5.82 Å². The van der Waals surface area contributed by atoms with Gasteiger partial charge in [-0.3, -0.25) is 0 Å². The lowest BCUT2D eigenvalue weighted by molar-refractivity contribution is 0.234. The maximum atomic E-state index is 13.1. The quantitative estimate of drug-likeness (QED) is 0.886. The van der Waals surface area contributed by atoms with Crippen molar-refractivity contribution in [2.75, 3.05) is 11.1 Å². The number of rotatable bonds is 4. The van der Waals surface area contributed by atoms with Gasteiger partial charge >= 0.3 is 0 Å². The Balaban J connectivity index is 2.21. The number of benzene rings is 1. The highest BCUT2D eigenvalue weighted by atomic mass is 19.1. The largest absolute Gasteiger partial charge is 0.473 e. The second kappa shape index (κ2) is 5.56. The van der Waals surface area contributed by atoms with E-state index < -0.39 is 0 Å². The monoisotopic (exact) mass is 261 g/mol. The minimum atomic E-state index is -0.306. The summed E-state index contributed by atoms with van der Waals surface area (Å²) in [5, 5.41) is 3.00. The average molecular weight is 261 g/mol. The molecule has 0 unspecified atom stereocenters. The first kappa shape index (κ1) is 13.1. The van der Waals surface area contributed by atoms with Crippen LogP contribution in [0.1, 0.15) is 13.8 Å². The van der Waals surface area contributed by atoms with Crippen LogP contribution in [0.2, 0.25) is 0 Å². The summed E-state index contributed by atoms with van der Waals surface area (Å²) in [5.41, 5.74) is 6.87. The van der Waals surface area contributed by atoms with Gasteiger partial charge in [0.2, 0.25) is 5.88 Å². The third-order valence-corrected chi connectivity index (χ3v) is 2.33. The number of hydrogen-bond acceptors (Lipinski definition) is 4. The van der Waals surface area contributed by atoms with E-state index in [2.05, 4.69) is 10.3 Å². The minimum absolute atomic E-state index is 0.0146. The highest BCUT2D eigenvalue weighted by Gasteiger charge is 2.06. The number of aromatic nitrogens is 1. The Bertz CT molecular complexity index is 572. The van der Waals surface area contributed by atoms with Crippen molar-refractivity contribution in [1.82, 2.24) is 4.98 Å². The summed E-state index contributed by atoms with van der Waals surface area (Å²) in [7, 11) is 0. The lowest BCUT2D eigenvalue weighted by Gasteiger charge is -2.13. The van der Waals surface area contributed by atoms with E-state index in [1.807, 2.05) is 13.8 Å². The first-order valence-electron chi connectivity index (χ1n) is 6.00. The zero-order chi connectivity index (χ0) is 13.8. The molecular weight excluding hydrogens is 245 g/mol. The molecule has 0 saturated heterocycles. The third-order valence-electron chi connectivity index (χ3n) is 2.33. The van der Waals surface area contributed by atoms with Crippen LogP contribution in [0.25, 0.3) is 0 Å². The van der Waals surface area contributed by atoms with E-state index in [1.165, 1.54) is 12.1 Å². The van der Waals surface area contributed by atoms with Crippen molar-refractivity contribution in [2.24, 2.45) is 0 Å². The molecule has 1 heterocycles. The molecular formula is C14H16FN3O. The normalized spacial score (nSPS) is 10.5. The number of nitrogens with two attached hydrogens (primary N) is 1. The molecule has 4 nitrogen and oxygen atoms in total. The Morgan fingerprint density at radius 3 is 2.74 bits per heavy atom. The number of nitrogens with zero attached hydrogens (tertiary/aromatic N) is 1. The number of nitrogens with one attached hydrogen (secondary N) is 1. The second-order valence-corrected chi connectivity index (χ2v) is 4.39. The van der Waals surface area contributed by atoms with Crippen molar-refractivity contribution in [3.8, 4) is 5.88 Å². The smallest absolute Gasteiger partial charge is 0.239 e. The fourth-order valence-corrected chi connectivity index (χ4v) is 1.55. The van der Waals surface area contributed by atoms with Crippen LogP contribution in [0.15, 0.2) is 36.4 Å². The molecule has 0 saturated carbocycles. The summed E-state index contributed by atoms with van der Waals surface area (Å²) in [6.45, 7) is 3.79. The summed E-state index contributed by atoms with van der Waals surface area (Å²) in [6.07, 6.45) is -0.0146. The number of hydrogen-bond donors (Lipinski definition) is 2. The predicted molar refractivity (Wildman–Crippen MR) is 74.1 cm³/mol. The lowest BCUT2D eigenvalue weighted by atomic mass is 10.3. The molecule has 0 amide bonds. The van der Waals surface area contributed by atoms with Gasteiger partial charge in [0.05, 0.1) is 11.8 Å². The molecule has 1 aromatic carbocycles. The topological polar surface area (TPSA) is 60.2 Å². The van der Waals surface area contributed by atoms with Crippen molar-refractivity contribution in [2.45, 2.75) is 20.0 Å². The van der Waals surface area contributed by atoms with Crippen LogP contribution < -0.4 is 15.8 Å². The van der Waals surface area contributed by atoms with E-state index in [-0.39, 0.29) is 11.9 Å². The van der Waals surface area contributed by atoms with Crippen molar-refractivity contribution >= 4 is 17.2 Å². The second-order valence-electron chi connectivity index (χ2n) is 4.39. The van der Waals surface area contributed by atoms with Crippen LogP contribution in [-0.4, -0.2) is 11.1 Å². The van der Waals surface area contributed by atoms with Gasteiger partial charge in [0, 0.05) is 5.69 Å². The van der Waals surface area contributed by atoms with Gasteiger partial charge in [-0.05, 0) is 44.2 Å². The molecule has 0 aliphatic heterocycles. The Morgan fingerprint density at radius 1 is 1.26 bits per heavy atom. The Kier molecular flexibility index (Phi) is 3.85. The molecule has 2 rings (SSSR count). The molecule has 5 heteroatoms. The Morgan fingerprint density at radius 2 is 2.05 bits per heavy atom. The molecule has 0 aliphatic rings. The summed E-state index contributed by atoms with van der Waals surface area (Å²) >= 11 is 0. The molecule has 2 aromatic rings. The van der Waals surface area contributed by atoms with E-state index in [9.17, 15) is 4.39 Å².